The number of rotatable bonds is 5. The fourth-order valence-electron chi connectivity index (χ4n) is 1.78. The standard InChI is InChI=1S/C11H10ClN5O3/c12-9-5-8(3-4-10(9)17(18)19)20-6-11-13-14-15-16(11)7-1-2-7/h3-5,7H,1-2,6H2. The summed E-state index contributed by atoms with van der Waals surface area (Å²) < 4.78 is 7.26. The van der Waals surface area contributed by atoms with E-state index in [1.165, 1.54) is 18.2 Å². The molecule has 0 atom stereocenters. The van der Waals surface area contributed by atoms with Gasteiger partial charge in [-0.15, -0.1) is 5.10 Å². The molecule has 0 N–H and O–H groups in total. The van der Waals surface area contributed by atoms with Crippen LogP contribution in [-0.4, -0.2) is 25.1 Å². The minimum absolute atomic E-state index is 0.0364. The molecule has 1 heterocycles. The van der Waals surface area contributed by atoms with Crippen LogP contribution in [-0.2, 0) is 6.61 Å². The Morgan fingerprint density at radius 2 is 2.30 bits per heavy atom. The van der Waals surface area contributed by atoms with Crippen molar-refractivity contribution in [3.63, 3.8) is 0 Å². The molecule has 1 aliphatic rings. The number of nitro benzene ring substituents is 1. The number of nitrogens with zero attached hydrogens (tertiary/aromatic N) is 5. The average molecular weight is 296 g/mol. The van der Waals surface area contributed by atoms with Gasteiger partial charge in [-0.25, -0.2) is 4.68 Å². The average Bonchev–Trinajstić information content (AvgIpc) is 3.15. The molecule has 2 aromatic rings. The van der Waals surface area contributed by atoms with Gasteiger partial charge in [0, 0.05) is 12.1 Å². The number of hydrogen-bond acceptors (Lipinski definition) is 6. The largest absolute Gasteiger partial charge is 0.485 e. The Balaban J connectivity index is 1.70. The predicted molar refractivity (Wildman–Crippen MR) is 68.5 cm³/mol. The van der Waals surface area contributed by atoms with Crippen molar-refractivity contribution in [3.05, 3.63) is 39.2 Å². The van der Waals surface area contributed by atoms with Gasteiger partial charge in [-0.3, -0.25) is 10.1 Å². The molecule has 0 spiro atoms. The molecular weight excluding hydrogens is 286 g/mol. The highest BCUT2D eigenvalue weighted by atomic mass is 35.5. The third-order valence-electron chi connectivity index (χ3n) is 2.94. The highest BCUT2D eigenvalue weighted by molar-refractivity contribution is 6.32. The molecule has 104 valence electrons. The Morgan fingerprint density at radius 3 is 2.95 bits per heavy atom. The number of tetrazole rings is 1. The first-order valence-corrected chi connectivity index (χ1v) is 6.36. The molecule has 0 radical (unpaired) electrons. The molecule has 9 heteroatoms. The highest BCUT2D eigenvalue weighted by Crippen LogP contribution is 2.34. The number of halogens is 1. The molecule has 0 unspecified atom stereocenters. The van der Waals surface area contributed by atoms with Gasteiger partial charge in [0.05, 0.1) is 11.0 Å². The van der Waals surface area contributed by atoms with Gasteiger partial charge in [-0.05, 0) is 29.3 Å². The van der Waals surface area contributed by atoms with Crippen LogP contribution >= 0.6 is 11.6 Å². The first kappa shape index (κ1) is 12.8. The van der Waals surface area contributed by atoms with E-state index in [-0.39, 0.29) is 17.3 Å². The molecule has 1 saturated carbocycles. The minimum atomic E-state index is -0.542. The maximum absolute atomic E-state index is 10.7. The summed E-state index contributed by atoms with van der Waals surface area (Å²) in [6, 6.07) is 4.57. The number of benzene rings is 1. The molecule has 0 aliphatic heterocycles. The van der Waals surface area contributed by atoms with Gasteiger partial charge in [0.1, 0.15) is 17.4 Å². The Hall–Kier alpha value is -2.22. The van der Waals surface area contributed by atoms with Crippen molar-refractivity contribution in [1.82, 2.24) is 20.2 Å². The first-order chi connectivity index (χ1) is 9.65. The summed E-state index contributed by atoms with van der Waals surface area (Å²) >= 11 is 5.81. The lowest BCUT2D eigenvalue weighted by atomic mass is 10.3. The Morgan fingerprint density at radius 1 is 1.50 bits per heavy atom. The summed E-state index contributed by atoms with van der Waals surface area (Å²) in [6.45, 7) is 0.192. The lowest BCUT2D eigenvalue weighted by Crippen LogP contribution is -2.07. The second-order valence-electron chi connectivity index (χ2n) is 4.43. The molecule has 1 aromatic carbocycles. The van der Waals surface area contributed by atoms with E-state index in [9.17, 15) is 10.1 Å². The molecular formula is C11H10ClN5O3. The monoisotopic (exact) mass is 295 g/mol. The second-order valence-corrected chi connectivity index (χ2v) is 4.84. The van der Waals surface area contributed by atoms with Crippen molar-refractivity contribution < 1.29 is 9.66 Å². The van der Waals surface area contributed by atoms with Crippen molar-refractivity contribution in [1.29, 1.82) is 0 Å². The van der Waals surface area contributed by atoms with Crippen LogP contribution in [0.25, 0.3) is 0 Å². The molecule has 1 aromatic heterocycles. The first-order valence-electron chi connectivity index (χ1n) is 5.98. The summed E-state index contributed by atoms with van der Waals surface area (Å²) in [7, 11) is 0. The summed E-state index contributed by atoms with van der Waals surface area (Å²) in [6.07, 6.45) is 2.14. The number of ether oxygens (including phenoxy) is 1. The topological polar surface area (TPSA) is 96.0 Å². The van der Waals surface area contributed by atoms with Gasteiger partial charge in [0.25, 0.3) is 5.69 Å². The highest BCUT2D eigenvalue weighted by Gasteiger charge is 2.27. The van der Waals surface area contributed by atoms with E-state index in [0.717, 1.165) is 12.8 Å². The van der Waals surface area contributed by atoms with Crippen molar-refractivity contribution in [2.24, 2.45) is 0 Å². The van der Waals surface area contributed by atoms with Crippen LogP contribution in [0.15, 0.2) is 18.2 Å². The third kappa shape index (κ3) is 2.55. The van der Waals surface area contributed by atoms with E-state index < -0.39 is 4.92 Å². The molecule has 3 rings (SSSR count). The Bertz CT molecular complexity index is 655. The van der Waals surface area contributed by atoms with Crippen LogP contribution in [0.5, 0.6) is 5.75 Å². The molecule has 0 bridgehead atoms. The second kappa shape index (κ2) is 5.04. The molecule has 0 amide bonds. The lowest BCUT2D eigenvalue weighted by molar-refractivity contribution is -0.384. The van der Waals surface area contributed by atoms with Gasteiger partial charge in [-0.2, -0.15) is 0 Å². The van der Waals surface area contributed by atoms with Gasteiger partial charge >= 0.3 is 0 Å². The van der Waals surface area contributed by atoms with Crippen LogP contribution in [0.1, 0.15) is 24.7 Å². The minimum Gasteiger partial charge on any atom is -0.485 e. The molecule has 1 aliphatic carbocycles. The van der Waals surface area contributed by atoms with E-state index in [1.54, 1.807) is 4.68 Å². The van der Waals surface area contributed by atoms with Gasteiger partial charge in [0.2, 0.25) is 0 Å². The van der Waals surface area contributed by atoms with Crippen LogP contribution in [0.4, 0.5) is 5.69 Å². The zero-order valence-electron chi connectivity index (χ0n) is 10.3. The number of nitro groups is 1. The van der Waals surface area contributed by atoms with E-state index in [0.29, 0.717) is 17.6 Å². The molecule has 20 heavy (non-hydrogen) atoms. The third-order valence-corrected chi connectivity index (χ3v) is 3.24. The van der Waals surface area contributed by atoms with Crippen molar-refractivity contribution >= 4 is 17.3 Å². The van der Waals surface area contributed by atoms with Crippen molar-refractivity contribution in [2.75, 3.05) is 0 Å². The number of aromatic nitrogens is 4. The zero-order chi connectivity index (χ0) is 14.1. The zero-order valence-corrected chi connectivity index (χ0v) is 11.0. The van der Waals surface area contributed by atoms with Crippen LogP contribution in [0.2, 0.25) is 5.02 Å². The summed E-state index contributed by atoms with van der Waals surface area (Å²) in [5.41, 5.74) is -0.151. The van der Waals surface area contributed by atoms with Gasteiger partial charge < -0.3 is 4.74 Å². The maximum Gasteiger partial charge on any atom is 0.288 e. The molecule has 8 nitrogen and oxygen atoms in total. The van der Waals surface area contributed by atoms with Gasteiger partial charge in [-0.1, -0.05) is 11.6 Å². The SMILES string of the molecule is O=[N+]([O-])c1ccc(OCc2nnnn2C2CC2)cc1Cl. The summed E-state index contributed by atoms with van der Waals surface area (Å²) in [5.74, 6) is 1.06. The Labute approximate surface area is 118 Å². The normalized spacial score (nSPS) is 14.2. The Kier molecular flexibility index (Phi) is 3.23. The van der Waals surface area contributed by atoms with E-state index in [2.05, 4.69) is 15.5 Å². The smallest absolute Gasteiger partial charge is 0.288 e. The quantitative estimate of drug-likeness (QED) is 0.619. The molecule has 1 fully saturated rings. The number of hydrogen-bond donors (Lipinski definition) is 0. The van der Waals surface area contributed by atoms with E-state index in [4.69, 9.17) is 16.3 Å². The lowest BCUT2D eigenvalue weighted by Gasteiger charge is -2.06. The van der Waals surface area contributed by atoms with Crippen molar-refractivity contribution in [2.45, 2.75) is 25.5 Å². The molecule has 0 saturated heterocycles. The van der Waals surface area contributed by atoms with Crippen LogP contribution < -0.4 is 4.74 Å². The van der Waals surface area contributed by atoms with Crippen molar-refractivity contribution in [3.8, 4) is 5.75 Å². The summed E-state index contributed by atoms with van der Waals surface area (Å²) in [4.78, 5) is 10.1. The maximum atomic E-state index is 10.7. The van der Waals surface area contributed by atoms with E-state index >= 15 is 0 Å². The fraction of sp³-hybridized carbons (Fsp3) is 0.364. The van der Waals surface area contributed by atoms with E-state index in [1.807, 2.05) is 0 Å². The van der Waals surface area contributed by atoms with Gasteiger partial charge in [0.15, 0.2) is 5.82 Å². The summed E-state index contributed by atoms with van der Waals surface area (Å²) in [5, 5.41) is 22.1. The van der Waals surface area contributed by atoms with Crippen LogP contribution in [0.3, 0.4) is 0 Å². The van der Waals surface area contributed by atoms with Crippen LogP contribution in [0, 0.1) is 10.1 Å². The predicted octanol–water partition coefficient (Wildman–Crippen LogP) is 2.15. The fourth-order valence-corrected chi connectivity index (χ4v) is 2.02.